The molecule has 1 heterocycles. The van der Waals surface area contributed by atoms with E-state index in [1.165, 1.54) is 0 Å². The Balaban J connectivity index is 2.27. The van der Waals surface area contributed by atoms with Crippen molar-refractivity contribution < 1.29 is 13.9 Å². The van der Waals surface area contributed by atoms with Crippen LogP contribution in [0.1, 0.15) is 50.0 Å². The first kappa shape index (κ1) is 18.1. The fourth-order valence-corrected chi connectivity index (χ4v) is 2.76. The number of nitrogens with one attached hydrogen (secondary N) is 1. The van der Waals surface area contributed by atoms with Gasteiger partial charge in [-0.1, -0.05) is 19.8 Å². The summed E-state index contributed by atoms with van der Waals surface area (Å²) < 4.78 is 11.2. The van der Waals surface area contributed by atoms with Gasteiger partial charge in [0.1, 0.15) is 17.1 Å². The van der Waals surface area contributed by atoms with Crippen LogP contribution in [0.15, 0.2) is 22.6 Å². The van der Waals surface area contributed by atoms with Gasteiger partial charge in [0.15, 0.2) is 0 Å². The highest BCUT2D eigenvalue weighted by molar-refractivity contribution is 5.97. The second-order valence-electron chi connectivity index (χ2n) is 6.16. The number of methoxy groups -OCH3 is 1. The zero-order valence-electron chi connectivity index (χ0n) is 15.3. The van der Waals surface area contributed by atoms with Crippen molar-refractivity contribution in [1.82, 2.24) is 5.32 Å². The first-order valence-corrected chi connectivity index (χ1v) is 8.52. The van der Waals surface area contributed by atoms with Gasteiger partial charge in [-0.15, -0.1) is 0 Å². The van der Waals surface area contributed by atoms with Crippen LogP contribution < -0.4 is 10.1 Å². The lowest BCUT2D eigenvalue weighted by molar-refractivity contribution is -0.116. The Bertz CT molecular complexity index is 756. The Morgan fingerprint density at radius 3 is 2.71 bits per heavy atom. The van der Waals surface area contributed by atoms with E-state index in [0.717, 1.165) is 52.7 Å². The van der Waals surface area contributed by atoms with Crippen molar-refractivity contribution in [3.63, 3.8) is 0 Å². The van der Waals surface area contributed by atoms with Gasteiger partial charge in [0.05, 0.1) is 7.11 Å². The number of carbonyl (C=O) groups excluding carboxylic acids is 1. The summed E-state index contributed by atoms with van der Waals surface area (Å²) >= 11 is 0. The van der Waals surface area contributed by atoms with Gasteiger partial charge >= 0.3 is 0 Å². The number of amides is 1. The van der Waals surface area contributed by atoms with E-state index < -0.39 is 0 Å². The number of fused-ring (bicyclic) bond motifs is 1. The summed E-state index contributed by atoms with van der Waals surface area (Å²) in [5.74, 6) is 1.55. The summed E-state index contributed by atoms with van der Waals surface area (Å²) in [7, 11) is 1.63. The summed E-state index contributed by atoms with van der Waals surface area (Å²) in [5.41, 5.74) is 3.71. The van der Waals surface area contributed by atoms with Gasteiger partial charge in [0.2, 0.25) is 5.91 Å². The van der Waals surface area contributed by atoms with E-state index in [0.29, 0.717) is 12.3 Å². The highest BCUT2D eigenvalue weighted by Gasteiger charge is 2.14. The molecular formula is C20H27NO3. The molecule has 0 aliphatic rings. The van der Waals surface area contributed by atoms with Crippen molar-refractivity contribution >= 4 is 22.4 Å². The van der Waals surface area contributed by atoms with Crippen LogP contribution in [-0.2, 0) is 4.79 Å². The van der Waals surface area contributed by atoms with Crippen molar-refractivity contribution in [2.24, 2.45) is 0 Å². The number of carbonyl (C=O) groups is 1. The molecule has 1 amide bonds. The lowest BCUT2D eigenvalue weighted by Gasteiger charge is -2.10. The highest BCUT2D eigenvalue weighted by atomic mass is 16.5. The summed E-state index contributed by atoms with van der Waals surface area (Å²) in [6.45, 7) is 8.78. The predicted molar refractivity (Wildman–Crippen MR) is 98.4 cm³/mol. The van der Waals surface area contributed by atoms with Gasteiger partial charge in [0.25, 0.3) is 0 Å². The molecule has 0 spiro atoms. The first-order chi connectivity index (χ1) is 11.5. The quantitative estimate of drug-likeness (QED) is 0.588. The molecule has 0 atom stereocenters. The molecule has 0 unspecified atom stereocenters. The molecule has 0 saturated heterocycles. The molecule has 0 bridgehead atoms. The minimum absolute atomic E-state index is 0.0640. The molecule has 4 nitrogen and oxygen atoms in total. The van der Waals surface area contributed by atoms with Crippen LogP contribution in [-0.4, -0.2) is 19.6 Å². The molecule has 4 heteroatoms. The zero-order valence-corrected chi connectivity index (χ0v) is 15.3. The Hall–Kier alpha value is -2.23. The van der Waals surface area contributed by atoms with Crippen molar-refractivity contribution in [3.8, 4) is 5.75 Å². The Labute approximate surface area is 143 Å². The molecule has 0 aliphatic heterocycles. The van der Waals surface area contributed by atoms with Crippen LogP contribution in [0, 0.1) is 13.8 Å². The Morgan fingerprint density at radius 1 is 1.29 bits per heavy atom. The van der Waals surface area contributed by atoms with E-state index in [1.807, 2.05) is 32.9 Å². The lowest BCUT2D eigenvalue weighted by Crippen LogP contribution is -2.22. The standard InChI is InChI=1S/C20H27NO3/c1-6-7-8-9-21-20(22)10-13(2)16-11-17-14(3)15(4)24-19(17)12-18(16)23-5/h10-12H,6-9H2,1-5H3,(H,21,22)/b13-10+. The van der Waals surface area contributed by atoms with Gasteiger partial charge in [-0.3, -0.25) is 4.79 Å². The number of rotatable bonds is 7. The maximum Gasteiger partial charge on any atom is 0.244 e. The Morgan fingerprint density at radius 2 is 2.04 bits per heavy atom. The van der Waals surface area contributed by atoms with Crippen LogP contribution >= 0.6 is 0 Å². The SMILES string of the molecule is CCCCCNC(=O)/C=C(\C)c1cc2c(C)c(C)oc2cc1OC. The molecule has 2 aromatic rings. The van der Waals surface area contributed by atoms with Gasteiger partial charge in [0, 0.05) is 29.6 Å². The Kier molecular flexibility index (Phi) is 6.07. The molecule has 1 N–H and O–H groups in total. The number of furan rings is 1. The average molecular weight is 329 g/mol. The van der Waals surface area contributed by atoms with Crippen molar-refractivity contribution in [1.29, 1.82) is 0 Å². The van der Waals surface area contributed by atoms with Gasteiger partial charge in [-0.05, 0) is 44.4 Å². The van der Waals surface area contributed by atoms with Crippen LogP contribution in [0.4, 0.5) is 0 Å². The summed E-state index contributed by atoms with van der Waals surface area (Å²) in [6.07, 6.45) is 4.92. The normalized spacial score (nSPS) is 11.8. The van der Waals surface area contributed by atoms with Crippen molar-refractivity contribution in [2.75, 3.05) is 13.7 Å². The third-order valence-corrected chi connectivity index (χ3v) is 4.35. The van der Waals surface area contributed by atoms with E-state index in [1.54, 1.807) is 13.2 Å². The molecular weight excluding hydrogens is 302 g/mol. The van der Waals surface area contributed by atoms with Crippen LogP contribution in [0.3, 0.4) is 0 Å². The van der Waals surface area contributed by atoms with E-state index in [9.17, 15) is 4.79 Å². The smallest absolute Gasteiger partial charge is 0.244 e. The number of hydrogen-bond donors (Lipinski definition) is 1. The molecule has 24 heavy (non-hydrogen) atoms. The average Bonchev–Trinajstić information content (AvgIpc) is 2.84. The third kappa shape index (κ3) is 3.99. The van der Waals surface area contributed by atoms with E-state index in [4.69, 9.17) is 9.15 Å². The van der Waals surface area contributed by atoms with Crippen molar-refractivity contribution in [3.05, 3.63) is 35.1 Å². The molecule has 0 fully saturated rings. The van der Waals surface area contributed by atoms with Gasteiger partial charge in [-0.2, -0.15) is 0 Å². The molecule has 2 rings (SSSR count). The van der Waals surface area contributed by atoms with E-state index in [2.05, 4.69) is 12.2 Å². The molecule has 0 radical (unpaired) electrons. The number of ether oxygens (including phenoxy) is 1. The first-order valence-electron chi connectivity index (χ1n) is 8.52. The van der Waals surface area contributed by atoms with Crippen LogP contribution in [0.5, 0.6) is 5.75 Å². The van der Waals surface area contributed by atoms with Crippen molar-refractivity contribution in [2.45, 2.75) is 47.0 Å². The lowest BCUT2D eigenvalue weighted by atomic mass is 10.0. The monoisotopic (exact) mass is 329 g/mol. The predicted octanol–water partition coefficient (Wildman–Crippen LogP) is 4.77. The van der Waals surface area contributed by atoms with Crippen LogP contribution in [0.2, 0.25) is 0 Å². The summed E-state index contributed by atoms with van der Waals surface area (Å²) in [6, 6.07) is 3.93. The second kappa shape index (κ2) is 8.04. The maximum atomic E-state index is 12.1. The number of hydrogen-bond acceptors (Lipinski definition) is 3. The fraction of sp³-hybridized carbons (Fsp3) is 0.450. The van der Waals surface area contributed by atoms with Crippen LogP contribution in [0.25, 0.3) is 16.5 Å². The highest BCUT2D eigenvalue weighted by Crippen LogP contribution is 2.34. The molecule has 0 saturated carbocycles. The maximum absolute atomic E-state index is 12.1. The number of aryl methyl sites for hydroxylation is 2. The molecule has 1 aromatic heterocycles. The number of benzene rings is 1. The second-order valence-corrected chi connectivity index (χ2v) is 6.16. The molecule has 130 valence electrons. The third-order valence-electron chi connectivity index (χ3n) is 4.35. The molecule has 0 aliphatic carbocycles. The summed E-state index contributed by atoms with van der Waals surface area (Å²) in [5, 5.41) is 3.99. The van der Waals surface area contributed by atoms with E-state index in [-0.39, 0.29) is 5.91 Å². The minimum atomic E-state index is -0.0640. The topological polar surface area (TPSA) is 51.5 Å². The fourth-order valence-electron chi connectivity index (χ4n) is 2.76. The summed E-state index contributed by atoms with van der Waals surface area (Å²) in [4.78, 5) is 12.1. The molecule has 1 aromatic carbocycles. The minimum Gasteiger partial charge on any atom is -0.496 e. The number of unbranched alkanes of at least 4 members (excludes halogenated alkanes) is 2. The van der Waals surface area contributed by atoms with E-state index >= 15 is 0 Å². The van der Waals surface area contributed by atoms with Gasteiger partial charge < -0.3 is 14.5 Å². The largest absolute Gasteiger partial charge is 0.496 e. The zero-order chi connectivity index (χ0) is 17.7. The number of allylic oxidation sites excluding steroid dienone is 1. The van der Waals surface area contributed by atoms with Gasteiger partial charge in [-0.25, -0.2) is 0 Å².